The van der Waals surface area contributed by atoms with Crippen molar-refractivity contribution in [1.29, 1.82) is 0 Å². The lowest BCUT2D eigenvalue weighted by Crippen LogP contribution is -2.34. The van der Waals surface area contributed by atoms with Crippen LogP contribution >= 0.6 is 0 Å². The minimum absolute atomic E-state index is 0.0124. The minimum Gasteiger partial charge on any atom is -0.462 e. The average molecular weight is 594 g/mol. The predicted molar refractivity (Wildman–Crippen MR) is 180 cm³/mol. The average Bonchev–Trinajstić information content (AvgIpc) is 2.98. The van der Waals surface area contributed by atoms with Gasteiger partial charge in [0.15, 0.2) is 0 Å². The van der Waals surface area contributed by atoms with Crippen molar-refractivity contribution >= 4 is 11.9 Å². The van der Waals surface area contributed by atoms with Crippen molar-refractivity contribution in [2.75, 3.05) is 20.2 Å². The summed E-state index contributed by atoms with van der Waals surface area (Å²) in [7, 11) is 1.66. The van der Waals surface area contributed by atoms with Crippen LogP contribution in [0.3, 0.4) is 0 Å². The Hall–Kier alpha value is -1.36. The van der Waals surface area contributed by atoms with E-state index in [0.29, 0.717) is 12.8 Å². The number of hydrogen-bond acceptors (Lipinski definition) is 4. The highest BCUT2D eigenvalue weighted by molar-refractivity contribution is 5.81. The Morgan fingerprint density at radius 1 is 0.619 bits per heavy atom. The van der Waals surface area contributed by atoms with Gasteiger partial charge >= 0.3 is 5.97 Å². The number of aliphatic hydroxyl groups excluding tert-OH is 1. The lowest BCUT2D eigenvalue weighted by molar-refractivity contribution is -0.151. The van der Waals surface area contributed by atoms with Crippen LogP contribution in [0.4, 0.5) is 0 Å². The molecule has 5 nitrogen and oxygen atoms in total. The van der Waals surface area contributed by atoms with Crippen molar-refractivity contribution in [3.8, 4) is 0 Å². The minimum atomic E-state index is -0.617. The molecular formula is C37H71NO4. The summed E-state index contributed by atoms with van der Waals surface area (Å²) in [6.45, 7) is 4.50. The van der Waals surface area contributed by atoms with Crippen molar-refractivity contribution in [2.45, 2.75) is 193 Å². The molecule has 0 saturated carbocycles. The zero-order chi connectivity index (χ0) is 30.9. The van der Waals surface area contributed by atoms with E-state index in [1.54, 1.807) is 7.05 Å². The molecule has 42 heavy (non-hydrogen) atoms. The van der Waals surface area contributed by atoms with Gasteiger partial charge in [0.05, 0.1) is 6.10 Å². The maximum absolute atomic E-state index is 12.3. The van der Waals surface area contributed by atoms with E-state index in [2.05, 4.69) is 26.0 Å². The molecule has 0 rings (SSSR count). The molecule has 0 saturated heterocycles. The van der Waals surface area contributed by atoms with E-state index in [4.69, 9.17) is 4.74 Å². The second-order valence-corrected chi connectivity index (χ2v) is 12.6. The first kappa shape index (κ1) is 40.6. The fourth-order valence-electron chi connectivity index (χ4n) is 5.36. The normalized spacial score (nSPS) is 12.2. The second-order valence-electron chi connectivity index (χ2n) is 12.6. The van der Waals surface area contributed by atoms with Gasteiger partial charge in [-0.3, -0.25) is 9.59 Å². The van der Waals surface area contributed by atoms with Gasteiger partial charge in [-0.15, -0.1) is 0 Å². The largest absolute Gasteiger partial charge is 0.462 e. The van der Waals surface area contributed by atoms with Crippen LogP contribution in [0, 0.1) is 0 Å². The van der Waals surface area contributed by atoms with Crippen LogP contribution in [0.1, 0.15) is 187 Å². The molecule has 248 valence electrons. The van der Waals surface area contributed by atoms with Gasteiger partial charge in [0.25, 0.3) is 0 Å². The summed E-state index contributed by atoms with van der Waals surface area (Å²) in [6.07, 6.45) is 36.7. The van der Waals surface area contributed by atoms with Crippen LogP contribution in [0.15, 0.2) is 12.2 Å². The number of amides is 1. The maximum atomic E-state index is 12.3. The van der Waals surface area contributed by atoms with Gasteiger partial charge in [0.1, 0.15) is 13.2 Å². The van der Waals surface area contributed by atoms with Gasteiger partial charge in [-0.05, 0) is 38.5 Å². The summed E-state index contributed by atoms with van der Waals surface area (Å²) in [4.78, 5) is 25.9. The van der Waals surface area contributed by atoms with Gasteiger partial charge in [-0.2, -0.15) is 0 Å². The molecule has 1 unspecified atom stereocenters. The fourth-order valence-corrected chi connectivity index (χ4v) is 5.36. The number of nitrogens with zero attached hydrogens (tertiary/aromatic N) is 1. The number of unbranched alkanes of at least 4 members (excludes halogenated alkanes) is 22. The summed E-state index contributed by atoms with van der Waals surface area (Å²) >= 11 is 0. The van der Waals surface area contributed by atoms with Gasteiger partial charge in [0, 0.05) is 13.5 Å². The van der Waals surface area contributed by atoms with Gasteiger partial charge in [0.2, 0.25) is 5.91 Å². The van der Waals surface area contributed by atoms with E-state index in [0.717, 1.165) is 38.5 Å². The van der Waals surface area contributed by atoms with Crippen LogP contribution in [0.2, 0.25) is 0 Å². The first-order valence-corrected chi connectivity index (χ1v) is 18.2. The molecule has 0 heterocycles. The van der Waals surface area contributed by atoms with E-state index in [-0.39, 0.29) is 19.1 Å². The summed E-state index contributed by atoms with van der Waals surface area (Å²) in [6, 6.07) is 0. The lowest BCUT2D eigenvalue weighted by Gasteiger charge is -2.17. The molecule has 0 aliphatic heterocycles. The first-order chi connectivity index (χ1) is 20.5. The zero-order valence-electron chi connectivity index (χ0n) is 28.4. The third kappa shape index (κ3) is 30.1. The number of aliphatic hydroxyl groups is 1. The molecule has 0 radical (unpaired) electrons. The first-order valence-electron chi connectivity index (χ1n) is 18.2. The molecule has 0 aromatic heterocycles. The number of carbonyl (C=O) groups is 2. The molecule has 1 amide bonds. The number of ether oxygens (including phenoxy) is 1. The summed E-state index contributed by atoms with van der Waals surface area (Å²) in [5.41, 5.74) is 0. The fraction of sp³-hybridized carbons (Fsp3) is 0.892. The van der Waals surface area contributed by atoms with Crippen LogP contribution in [0.5, 0.6) is 0 Å². The molecule has 0 aromatic rings. The zero-order valence-corrected chi connectivity index (χ0v) is 28.4. The van der Waals surface area contributed by atoms with Crippen LogP contribution in [0.25, 0.3) is 0 Å². The molecule has 1 N–H and O–H groups in total. The quantitative estimate of drug-likeness (QED) is 0.0478. The van der Waals surface area contributed by atoms with Crippen LogP contribution in [-0.4, -0.2) is 48.2 Å². The Labute approximate surface area is 261 Å². The van der Waals surface area contributed by atoms with Crippen molar-refractivity contribution in [3.05, 3.63) is 12.2 Å². The Morgan fingerprint density at radius 3 is 1.50 bits per heavy atom. The second kappa shape index (κ2) is 32.6. The smallest absolute Gasteiger partial charge is 0.325 e. The molecule has 0 aliphatic rings. The highest BCUT2D eigenvalue weighted by Crippen LogP contribution is 2.14. The number of rotatable bonds is 32. The van der Waals surface area contributed by atoms with Crippen LogP contribution in [-0.2, 0) is 14.3 Å². The number of esters is 1. The van der Waals surface area contributed by atoms with E-state index in [9.17, 15) is 14.7 Å². The SMILES string of the molecule is CCCCCCCCC=CCCCCCCCC(=O)N(C)CC(=O)OCC(O)CCCCCCCCCCCCCC. The standard InChI is InChI=1S/C37H71NO4/c1-4-6-8-10-12-14-16-18-19-20-22-24-26-28-30-32-36(40)38(3)33-37(41)42-34-35(39)31-29-27-25-23-21-17-15-13-11-9-7-5-2/h18-19,35,39H,4-17,20-34H2,1-3H3. The van der Waals surface area contributed by atoms with Gasteiger partial charge in [-0.25, -0.2) is 0 Å². The topological polar surface area (TPSA) is 66.8 Å². The monoisotopic (exact) mass is 594 g/mol. The maximum Gasteiger partial charge on any atom is 0.325 e. The third-order valence-corrected chi connectivity index (χ3v) is 8.27. The van der Waals surface area contributed by atoms with E-state index >= 15 is 0 Å². The van der Waals surface area contributed by atoms with Crippen molar-refractivity contribution in [2.24, 2.45) is 0 Å². The molecule has 0 fully saturated rings. The molecule has 1 atom stereocenters. The molecule has 0 aromatic carbocycles. The Bertz CT molecular complexity index is 621. The molecule has 5 heteroatoms. The predicted octanol–water partition coefficient (Wildman–Crippen LogP) is 10.5. The number of carbonyl (C=O) groups excluding carboxylic acids is 2. The summed E-state index contributed by atoms with van der Waals surface area (Å²) in [5.74, 6) is -0.453. The summed E-state index contributed by atoms with van der Waals surface area (Å²) < 4.78 is 5.22. The Balaban J connectivity index is 3.56. The molecular weight excluding hydrogens is 522 g/mol. The van der Waals surface area contributed by atoms with E-state index < -0.39 is 12.1 Å². The van der Waals surface area contributed by atoms with E-state index in [1.807, 2.05) is 0 Å². The van der Waals surface area contributed by atoms with Gasteiger partial charge < -0.3 is 14.7 Å². The van der Waals surface area contributed by atoms with Crippen molar-refractivity contribution in [1.82, 2.24) is 4.90 Å². The molecule has 0 aliphatic carbocycles. The van der Waals surface area contributed by atoms with Crippen molar-refractivity contribution < 1.29 is 19.4 Å². The number of allylic oxidation sites excluding steroid dienone is 2. The Kier molecular flexibility index (Phi) is 31.5. The number of hydrogen-bond donors (Lipinski definition) is 1. The lowest BCUT2D eigenvalue weighted by atomic mass is 10.0. The van der Waals surface area contributed by atoms with Gasteiger partial charge in [-0.1, -0.05) is 154 Å². The number of likely N-dealkylation sites (N-methyl/N-ethyl adjacent to an activating group) is 1. The third-order valence-electron chi connectivity index (χ3n) is 8.27. The van der Waals surface area contributed by atoms with Crippen LogP contribution < -0.4 is 0 Å². The Morgan fingerprint density at radius 2 is 1.02 bits per heavy atom. The molecule has 0 bridgehead atoms. The highest BCUT2D eigenvalue weighted by Gasteiger charge is 2.15. The molecule has 0 spiro atoms. The van der Waals surface area contributed by atoms with Crippen molar-refractivity contribution in [3.63, 3.8) is 0 Å². The van der Waals surface area contributed by atoms with E-state index in [1.165, 1.54) is 127 Å². The summed E-state index contributed by atoms with van der Waals surface area (Å²) in [5, 5.41) is 10.1. The highest BCUT2D eigenvalue weighted by atomic mass is 16.5.